The molecule has 110 valence electrons. The third kappa shape index (κ3) is 3.62. The SMILES string of the molecule is CCCOc1ccccc1C(=O)C1CCCC(CC)C1. The van der Waals surface area contributed by atoms with Gasteiger partial charge in [-0.05, 0) is 37.3 Å². The first kappa shape index (κ1) is 15.1. The fourth-order valence-corrected chi connectivity index (χ4v) is 3.13. The van der Waals surface area contributed by atoms with Gasteiger partial charge in [-0.2, -0.15) is 0 Å². The molecule has 2 nitrogen and oxygen atoms in total. The molecule has 2 heteroatoms. The third-order valence-electron chi connectivity index (χ3n) is 4.35. The molecule has 2 unspecified atom stereocenters. The molecule has 1 aromatic carbocycles. The van der Waals surface area contributed by atoms with Gasteiger partial charge >= 0.3 is 0 Å². The summed E-state index contributed by atoms with van der Waals surface area (Å²) in [4.78, 5) is 12.8. The Balaban J connectivity index is 2.11. The van der Waals surface area contributed by atoms with Gasteiger partial charge < -0.3 is 4.74 Å². The molecule has 0 heterocycles. The molecule has 0 saturated heterocycles. The Morgan fingerprint density at radius 1 is 1.25 bits per heavy atom. The number of Topliss-reactive ketones (excluding diaryl/α,β-unsaturated/α-hetero) is 1. The molecule has 1 aromatic rings. The molecular weight excluding hydrogens is 248 g/mol. The van der Waals surface area contributed by atoms with E-state index in [0.29, 0.717) is 6.61 Å². The van der Waals surface area contributed by atoms with Crippen molar-refractivity contribution < 1.29 is 9.53 Å². The lowest BCUT2D eigenvalue weighted by molar-refractivity contribution is 0.0858. The van der Waals surface area contributed by atoms with E-state index in [1.807, 2.05) is 24.3 Å². The Morgan fingerprint density at radius 2 is 2.05 bits per heavy atom. The highest BCUT2D eigenvalue weighted by Gasteiger charge is 2.28. The van der Waals surface area contributed by atoms with Crippen LogP contribution in [-0.4, -0.2) is 12.4 Å². The van der Waals surface area contributed by atoms with Crippen LogP contribution in [0.2, 0.25) is 0 Å². The van der Waals surface area contributed by atoms with E-state index in [9.17, 15) is 4.79 Å². The molecule has 0 radical (unpaired) electrons. The predicted octanol–water partition coefficient (Wildman–Crippen LogP) is 4.87. The minimum atomic E-state index is 0.195. The topological polar surface area (TPSA) is 26.3 Å². The Kier molecular flexibility index (Phi) is 5.63. The first-order chi connectivity index (χ1) is 9.76. The summed E-state index contributed by atoms with van der Waals surface area (Å²) in [6, 6.07) is 7.72. The van der Waals surface area contributed by atoms with E-state index in [1.54, 1.807) is 0 Å². The van der Waals surface area contributed by atoms with Gasteiger partial charge in [-0.25, -0.2) is 0 Å². The van der Waals surface area contributed by atoms with Crippen LogP contribution >= 0.6 is 0 Å². The number of hydrogen-bond donors (Lipinski definition) is 0. The minimum Gasteiger partial charge on any atom is -0.493 e. The highest BCUT2D eigenvalue weighted by atomic mass is 16.5. The molecule has 0 amide bonds. The second kappa shape index (κ2) is 7.47. The number of benzene rings is 1. The first-order valence-corrected chi connectivity index (χ1v) is 8.02. The number of para-hydroxylation sites is 1. The van der Waals surface area contributed by atoms with E-state index in [2.05, 4.69) is 13.8 Å². The van der Waals surface area contributed by atoms with E-state index in [0.717, 1.165) is 36.5 Å². The lowest BCUT2D eigenvalue weighted by Crippen LogP contribution is -2.23. The van der Waals surface area contributed by atoms with Crippen LogP contribution in [-0.2, 0) is 0 Å². The standard InChI is InChI=1S/C18H26O2/c1-3-12-20-17-11-6-5-10-16(17)18(19)15-9-7-8-14(4-2)13-15/h5-6,10-11,14-15H,3-4,7-9,12-13H2,1-2H3. The number of hydrogen-bond acceptors (Lipinski definition) is 2. The number of ketones is 1. The van der Waals surface area contributed by atoms with E-state index in [-0.39, 0.29) is 11.7 Å². The van der Waals surface area contributed by atoms with Gasteiger partial charge in [-0.15, -0.1) is 0 Å². The first-order valence-electron chi connectivity index (χ1n) is 8.02. The largest absolute Gasteiger partial charge is 0.493 e. The van der Waals surface area contributed by atoms with Gasteiger partial charge in [0.25, 0.3) is 0 Å². The third-order valence-corrected chi connectivity index (χ3v) is 4.35. The quantitative estimate of drug-likeness (QED) is 0.691. The van der Waals surface area contributed by atoms with Crippen molar-refractivity contribution >= 4 is 5.78 Å². The van der Waals surface area contributed by atoms with Gasteiger partial charge in [0.05, 0.1) is 12.2 Å². The maximum atomic E-state index is 12.8. The second-order valence-electron chi connectivity index (χ2n) is 5.85. The number of ether oxygens (including phenoxy) is 1. The van der Waals surface area contributed by atoms with Crippen molar-refractivity contribution in [1.29, 1.82) is 0 Å². The van der Waals surface area contributed by atoms with Crippen LogP contribution in [0, 0.1) is 11.8 Å². The molecular formula is C18H26O2. The average Bonchev–Trinajstić information content (AvgIpc) is 2.52. The van der Waals surface area contributed by atoms with Crippen molar-refractivity contribution in [3.05, 3.63) is 29.8 Å². The fraction of sp³-hybridized carbons (Fsp3) is 0.611. The zero-order valence-corrected chi connectivity index (χ0v) is 12.7. The Morgan fingerprint density at radius 3 is 2.80 bits per heavy atom. The summed E-state index contributed by atoms with van der Waals surface area (Å²) < 4.78 is 5.73. The van der Waals surface area contributed by atoms with Crippen LogP contribution in [0.15, 0.2) is 24.3 Å². The van der Waals surface area contributed by atoms with E-state index in [1.165, 1.54) is 19.3 Å². The normalized spacial score (nSPS) is 22.5. The second-order valence-corrected chi connectivity index (χ2v) is 5.85. The van der Waals surface area contributed by atoms with Crippen LogP contribution in [0.1, 0.15) is 62.7 Å². The molecule has 2 rings (SSSR count). The van der Waals surface area contributed by atoms with E-state index in [4.69, 9.17) is 4.74 Å². The molecule has 0 aromatic heterocycles. The Bertz CT molecular complexity index is 439. The maximum absolute atomic E-state index is 12.8. The Hall–Kier alpha value is -1.31. The highest BCUT2D eigenvalue weighted by Crippen LogP contribution is 2.34. The van der Waals surface area contributed by atoms with Crippen molar-refractivity contribution in [1.82, 2.24) is 0 Å². The van der Waals surface area contributed by atoms with Gasteiger partial charge in [-0.3, -0.25) is 4.79 Å². The molecule has 0 N–H and O–H groups in total. The number of rotatable bonds is 6. The van der Waals surface area contributed by atoms with Gasteiger partial charge in [0.1, 0.15) is 5.75 Å². The molecule has 20 heavy (non-hydrogen) atoms. The van der Waals surface area contributed by atoms with Crippen molar-refractivity contribution in [3.63, 3.8) is 0 Å². The predicted molar refractivity (Wildman–Crippen MR) is 82.3 cm³/mol. The molecule has 2 atom stereocenters. The Labute approximate surface area is 122 Å². The van der Waals surface area contributed by atoms with Crippen molar-refractivity contribution in [3.8, 4) is 5.75 Å². The van der Waals surface area contributed by atoms with Crippen molar-refractivity contribution in [2.24, 2.45) is 11.8 Å². The van der Waals surface area contributed by atoms with Crippen LogP contribution < -0.4 is 4.74 Å². The summed E-state index contributed by atoms with van der Waals surface area (Å²) in [5, 5.41) is 0. The summed E-state index contributed by atoms with van der Waals surface area (Å²) in [7, 11) is 0. The minimum absolute atomic E-state index is 0.195. The molecule has 0 aliphatic heterocycles. The average molecular weight is 274 g/mol. The fourth-order valence-electron chi connectivity index (χ4n) is 3.13. The summed E-state index contributed by atoms with van der Waals surface area (Å²) in [5.74, 6) is 1.97. The summed E-state index contributed by atoms with van der Waals surface area (Å²) >= 11 is 0. The lowest BCUT2D eigenvalue weighted by atomic mass is 9.77. The molecule has 1 fully saturated rings. The highest BCUT2D eigenvalue weighted by molar-refractivity contribution is 6.00. The number of carbonyl (C=O) groups excluding carboxylic acids is 1. The van der Waals surface area contributed by atoms with Gasteiger partial charge in [0.2, 0.25) is 0 Å². The summed E-state index contributed by atoms with van der Waals surface area (Å²) in [5.41, 5.74) is 0.780. The van der Waals surface area contributed by atoms with Crippen LogP contribution in [0.4, 0.5) is 0 Å². The van der Waals surface area contributed by atoms with Crippen LogP contribution in [0.25, 0.3) is 0 Å². The molecule has 0 bridgehead atoms. The lowest BCUT2D eigenvalue weighted by Gasteiger charge is -2.27. The summed E-state index contributed by atoms with van der Waals surface area (Å²) in [6.07, 6.45) is 6.72. The monoisotopic (exact) mass is 274 g/mol. The zero-order chi connectivity index (χ0) is 14.4. The zero-order valence-electron chi connectivity index (χ0n) is 12.7. The van der Waals surface area contributed by atoms with Gasteiger partial charge in [0.15, 0.2) is 5.78 Å². The molecule has 1 aliphatic rings. The van der Waals surface area contributed by atoms with Crippen LogP contribution in [0.5, 0.6) is 5.75 Å². The number of carbonyl (C=O) groups is 1. The summed E-state index contributed by atoms with van der Waals surface area (Å²) in [6.45, 7) is 4.99. The van der Waals surface area contributed by atoms with Crippen molar-refractivity contribution in [2.75, 3.05) is 6.61 Å². The molecule has 0 spiro atoms. The van der Waals surface area contributed by atoms with Crippen LogP contribution in [0.3, 0.4) is 0 Å². The van der Waals surface area contributed by atoms with E-state index >= 15 is 0 Å². The van der Waals surface area contributed by atoms with Gasteiger partial charge in [0, 0.05) is 5.92 Å². The maximum Gasteiger partial charge on any atom is 0.169 e. The van der Waals surface area contributed by atoms with Gasteiger partial charge in [-0.1, -0.05) is 45.2 Å². The smallest absolute Gasteiger partial charge is 0.169 e. The molecule has 1 saturated carbocycles. The molecule has 1 aliphatic carbocycles. The van der Waals surface area contributed by atoms with E-state index < -0.39 is 0 Å². The van der Waals surface area contributed by atoms with Crippen molar-refractivity contribution in [2.45, 2.75) is 52.4 Å².